The summed E-state index contributed by atoms with van der Waals surface area (Å²) in [5, 5.41) is 5.21. The van der Waals surface area contributed by atoms with Crippen molar-refractivity contribution in [2.45, 2.75) is 6.92 Å². The number of pyridine rings is 1. The summed E-state index contributed by atoms with van der Waals surface area (Å²) >= 11 is 11.1. The zero-order valence-electron chi connectivity index (χ0n) is 13.8. The van der Waals surface area contributed by atoms with Crippen LogP contribution in [0.15, 0.2) is 48.5 Å². The van der Waals surface area contributed by atoms with Gasteiger partial charge < -0.3 is 10.1 Å². The van der Waals surface area contributed by atoms with Gasteiger partial charge in [-0.3, -0.25) is 10.9 Å². The van der Waals surface area contributed by atoms with Gasteiger partial charge >= 0.3 is 0 Å². The Bertz CT molecular complexity index is 915. The van der Waals surface area contributed by atoms with Crippen molar-refractivity contribution in [3.63, 3.8) is 0 Å². The van der Waals surface area contributed by atoms with E-state index in [1.54, 1.807) is 19.2 Å². The molecule has 0 saturated heterocycles. The van der Waals surface area contributed by atoms with E-state index in [1.165, 1.54) is 0 Å². The van der Waals surface area contributed by atoms with Crippen LogP contribution in [0, 0.1) is 6.92 Å². The minimum atomic E-state index is 0.427. The Hall–Kier alpha value is -2.57. The number of thiocarbonyl (C=S) groups is 1. The first-order valence-corrected chi connectivity index (χ1v) is 8.38. The van der Waals surface area contributed by atoms with Crippen LogP contribution in [-0.4, -0.2) is 17.2 Å². The molecule has 3 rings (SSSR count). The third kappa shape index (κ3) is 4.29. The Labute approximate surface area is 156 Å². The van der Waals surface area contributed by atoms with E-state index < -0.39 is 0 Å². The van der Waals surface area contributed by atoms with Crippen molar-refractivity contribution in [2.24, 2.45) is 0 Å². The molecule has 2 aromatic carbocycles. The van der Waals surface area contributed by atoms with Gasteiger partial charge in [0.25, 0.3) is 0 Å². The SMILES string of the molecule is COc1ccc2nc(NNC(=S)Nc3ccc(Cl)cc3)cc(C)c2c1. The molecular weight excluding hydrogens is 356 g/mol. The van der Waals surface area contributed by atoms with Crippen molar-refractivity contribution in [1.82, 2.24) is 10.4 Å². The number of nitrogens with zero attached hydrogens (tertiary/aromatic N) is 1. The molecule has 3 N–H and O–H groups in total. The molecule has 1 aromatic heterocycles. The van der Waals surface area contributed by atoms with Gasteiger partial charge in [0.15, 0.2) is 5.11 Å². The molecule has 0 amide bonds. The highest BCUT2D eigenvalue weighted by atomic mass is 35.5. The van der Waals surface area contributed by atoms with E-state index in [9.17, 15) is 0 Å². The van der Waals surface area contributed by atoms with Gasteiger partial charge in [-0.2, -0.15) is 0 Å². The molecule has 3 aromatic rings. The third-order valence-corrected chi connectivity index (χ3v) is 4.08. The lowest BCUT2D eigenvalue weighted by molar-refractivity contribution is 0.415. The van der Waals surface area contributed by atoms with E-state index in [-0.39, 0.29) is 0 Å². The van der Waals surface area contributed by atoms with Crippen LogP contribution < -0.4 is 20.9 Å². The van der Waals surface area contributed by atoms with Crippen LogP contribution in [0.4, 0.5) is 11.5 Å². The number of methoxy groups -OCH3 is 1. The number of fused-ring (bicyclic) bond motifs is 1. The molecule has 25 heavy (non-hydrogen) atoms. The quantitative estimate of drug-likeness (QED) is 0.462. The summed E-state index contributed by atoms with van der Waals surface area (Å²) in [5.41, 5.74) is 8.75. The standard InChI is InChI=1S/C18H17ClN4OS/c1-11-9-17(21-16-8-7-14(24-2)10-15(11)16)22-23-18(25)20-13-5-3-12(19)4-6-13/h3-10H,1-2H3,(H,21,22)(H2,20,23,25). The molecule has 0 fully saturated rings. The van der Waals surface area contributed by atoms with Crippen LogP contribution in [0.5, 0.6) is 5.75 Å². The van der Waals surface area contributed by atoms with E-state index in [0.717, 1.165) is 27.9 Å². The molecule has 0 bridgehead atoms. The first kappa shape index (κ1) is 17.3. The number of halogens is 1. The van der Waals surface area contributed by atoms with E-state index in [4.69, 9.17) is 28.6 Å². The number of hydrazine groups is 1. The highest BCUT2D eigenvalue weighted by Crippen LogP contribution is 2.24. The Balaban J connectivity index is 1.68. The molecular formula is C18H17ClN4OS. The number of nitrogens with one attached hydrogen (secondary N) is 3. The second-order valence-corrected chi connectivity index (χ2v) is 6.26. The molecule has 0 aliphatic heterocycles. The van der Waals surface area contributed by atoms with Gasteiger partial charge in [0.1, 0.15) is 11.6 Å². The highest BCUT2D eigenvalue weighted by Gasteiger charge is 2.05. The smallest absolute Gasteiger partial charge is 0.189 e. The average Bonchev–Trinajstić information content (AvgIpc) is 2.62. The molecule has 0 unspecified atom stereocenters. The second-order valence-electron chi connectivity index (χ2n) is 5.42. The van der Waals surface area contributed by atoms with Crippen molar-refractivity contribution in [3.8, 4) is 5.75 Å². The zero-order valence-corrected chi connectivity index (χ0v) is 15.3. The molecule has 0 aliphatic rings. The third-order valence-electron chi connectivity index (χ3n) is 3.63. The van der Waals surface area contributed by atoms with Gasteiger partial charge in [0, 0.05) is 16.1 Å². The number of anilines is 2. The van der Waals surface area contributed by atoms with Crippen LogP contribution in [0.2, 0.25) is 5.02 Å². The van der Waals surface area contributed by atoms with Crippen LogP contribution in [0.25, 0.3) is 10.9 Å². The minimum Gasteiger partial charge on any atom is -0.497 e. The minimum absolute atomic E-state index is 0.427. The predicted octanol–water partition coefficient (Wildman–Crippen LogP) is 4.52. The summed E-state index contributed by atoms with van der Waals surface area (Å²) < 4.78 is 5.26. The van der Waals surface area contributed by atoms with E-state index >= 15 is 0 Å². The summed E-state index contributed by atoms with van der Waals surface area (Å²) in [6.07, 6.45) is 0. The number of benzene rings is 2. The van der Waals surface area contributed by atoms with Gasteiger partial charge in [0.2, 0.25) is 0 Å². The van der Waals surface area contributed by atoms with E-state index in [0.29, 0.717) is 16.0 Å². The highest BCUT2D eigenvalue weighted by molar-refractivity contribution is 7.80. The Morgan fingerprint density at radius 3 is 2.60 bits per heavy atom. The lowest BCUT2D eigenvalue weighted by atomic mass is 10.1. The molecule has 1 heterocycles. The molecule has 0 saturated carbocycles. The molecule has 0 radical (unpaired) electrons. The number of aryl methyl sites for hydroxylation is 1. The van der Waals surface area contributed by atoms with E-state index in [1.807, 2.05) is 43.3 Å². The van der Waals surface area contributed by atoms with Crippen LogP contribution in [0.1, 0.15) is 5.56 Å². The van der Waals surface area contributed by atoms with Gasteiger partial charge in [-0.15, -0.1) is 0 Å². The molecule has 7 heteroatoms. The molecule has 128 valence electrons. The van der Waals surface area contributed by atoms with Crippen LogP contribution >= 0.6 is 23.8 Å². The summed E-state index contributed by atoms with van der Waals surface area (Å²) in [6.45, 7) is 2.03. The lowest BCUT2D eigenvalue weighted by Crippen LogP contribution is -2.33. The number of aromatic nitrogens is 1. The molecule has 0 atom stereocenters. The predicted molar refractivity (Wildman–Crippen MR) is 107 cm³/mol. The first-order valence-electron chi connectivity index (χ1n) is 7.59. The normalized spacial score (nSPS) is 10.4. The average molecular weight is 373 g/mol. The number of hydrogen-bond donors (Lipinski definition) is 3. The van der Waals surface area contributed by atoms with E-state index in [2.05, 4.69) is 21.2 Å². The second kappa shape index (κ2) is 7.55. The summed E-state index contributed by atoms with van der Waals surface area (Å²) in [5.74, 6) is 1.49. The number of ether oxygens (including phenoxy) is 1. The maximum absolute atomic E-state index is 5.87. The Morgan fingerprint density at radius 1 is 1.12 bits per heavy atom. The fourth-order valence-corrected chi connectivity index (χ4v) is 2.68. The Morgan fingerprint density at radius 2 is 1.88 bits per heavy atom. The maximum Gasteiger partial charge on any atom is 0.189 e. The van der Waals surface area contributed by atoms with Crippen molar-refractivity contribution in [2.75, 3.05) is 17.9 Å². The Kier molecular flexibility index (Phi) is 5.21. The first-order chi connectivity index (χ1) is 12.0. The van der Waals surface area contributed by atoms with Crippen LogP contribution in [-0.2, 0) is 0 Å². The van der Waals surface area contributed by atoms with Crippen molar-refractivity contribution in [3.05, 3.63) is 59.1 Å². The maximum atomic E-state index is 5.87. The zero-order chi connectivity index (χ0) is 17.8. The lowest BCUT2D eigenvalue weighted by Gasteiger charge is -2.13. The fourth-order valence-electron chi connectivity index (χ4n) is 2.38. The van der Waals surface area contributed by atoms with Gasteiger partial charge in [-0.25, -0.2) is 4.98 Å². The van der Waals surface area contributed by atoms with Crippen molar-refractivity contribution < 1.29 is 4.74 Å². The summed E-state index contributed by atoms with van der Waals surface area (Å²) in [4.78, 5) is 4.57. The molecule has 5 nitrogen and oxygen atoms in total. The van der Waals surface area contributed by atoms with Crippen molar-refractivity contribution in [1.29, 1.82) is 0 Å². The largest absolute Gasteiger partial charge is 0.497 e. The van der Waals surface area contributed by atoms with Gasteiger partial charge in [0.05, 0.1) is 12.6 Å². The number of hydrogen-bond acceptors (Lipinski definition) is 4. The molecule has 0 aliphatic carbocycles. The van der Waals surface area contributed by atoms with Gasteiger partial charge in [-0.1, -0.05) is 11.6 Å². The summed E-state index contributed by atoms with van der Waals surface area (Å²) in [6, 6.07) is 15.0. The molecule has 0 spiro atoms. The van der Waals surface area contributed by atoms with Crippen molar-refractivity contribution >= 4 is 51.3 Å². The monoisotopic (exact) mass is 372 g/mol. The topological polar surface area (TPSA) is 58.2 Å². The summed E-state index contributed by atoms with van der Waals surface area (Å²) in [7, 11) is 1.65. The number of rotatable bonds is 4. The van der Waals surface area contributed by atoms with Gasteiger partial charge in [-0.05, 0) is 73.2 Å². The van der Waals surface area contributed by atoms with Crippen LogP contribution in [0.3, 0.4) is 0 Å². The fraction of sp³-hybridized carbons (Fsp3) is 0.111.